The average Bonchev–Trinajstić information content (AvgIpc) is 3.06. The molecule has 3 amide bonds. The smallest absolute Gasteiger partial charge is 0.355 e. The minimum atomic E-state index is -1.18. The number of carbonyl (C=O) groups is 4. The maximum absolute atomic E-state index is 12.7. The Bertz CT molecular complexity index is 789. The van der Waals surface area contributed by atoms with Gasteiger partial charge in [0.2, 0.25) is 11.8 Å². The topological polar surface area (TPSA) is 96.3 Å². The number of amides is 3. The largest absolute Gasteiger partial charge is 0.464 e. The van der Waals surface area contributed by atoms with E-state index >= 15 is 0 Å². The van der Waals surface area contributed by atoms with Crippen LogP contribution in [0, 0.1) is 5.92 Å². The molecule has 2 atom stereocenters. The number of fused-ring (bicyclic) bond motifs is 1. The van der Waals surface area contributed by atoms with Crippen molar-refractivity contribution in [2.75, 3.05) is 12.0 Å². The van der Waals surface area contributed by atoms with Gasteiger partial charge in [0.1, 0.15) is 5.92 Å². The standard InChI is InChI=1S/C15H12ClN3O5/c1-7(20)19-12-10(11(17-19)15(23)24-2)13(21)18(14(12)22)9-5-3-8(16)4-6-9/h3-6,10,12H,1-2H3/t10-,12+/m0/s1. The monoisotopic (exact) mass is 349 g/mol. The van der Waals surface area contributed by atoms with E-state index in [2.05, 4.69) is 9.84 Å². The molecule has 0 radical (unpaired) electrons. The Hall–Kier alpha value is -2.74. The minimum absolute atomic E-state index is 0.257. The number of hydrogen-bond donors (Lipinski definition) is 0. The number of hydrazone groups is 1. The summed E-state index contributed by atoms with van der Waals surface area (Å²) in [7, 11) is 1.13. The summed E-state index contributed by atoms with van der Waals surface area (Å²) >= 11 is 5.81. The van der Waals surface area contributed by atoms with Crippen LogP contribution >= 0.6 is 11.6 Å². The molecule has 2 aliphatic heterocycles. The summed E-state index contributed by atoms with van der Waals surface area (Å²) in [6.45, 7) is 1.20. The zero-order valence-corrected chi connectivity index (χ0v) is 13.5. The van der Waals surface area contributed by atoms with Crippen molar-refractivity contribution in [2.45, 2.75) is 13.0 Å². The van der Waals surface area contributed by atoms with E-state index in [-0.39, 0.29) is 5.71 Å². The number of carbonyl (C=O) groups excluding carboxylic acids is 4. The van der Waals surface area contributed by atoms with Crippen LogP contribution in [0.15, 0.2) is 29.4 Å². The highest BCUT2D eigenvalue weighted by molar-refractivity contribution is 6.47. The first-order valence-electron chi connectivity index (χ1n) is 6.96. The second kappa shape index (κ2) is 5.72. The van der Waals surface area contributed by atoms with Gasteiger partial charge in [-0.25, -0.2) is 14.7 Å². The Labute approximate surface area is 141 Å². The van der Waals surface area contributed by atoms with Crippen LogP contribution in [0.3, 0.4) is 0 Å². The van der Waals surface area contributed by atoms with Crippen molar-refractivity contribution in [2.24, 2.45) is 11.0 Å². The summed E-state index contributed by atoms with van der Waals surface area (Å²) in [5, 5.41) is 5.12. The van der Waals surface area contributed by atoms with Crippen molar-refractivity contribution >= 4 is 46.7 Å². The maximum Gasteiger partial charge on any atom is 0.355 e. The van der Waals surface area contributed by atoms with Gasteiger partial charge in [0, 0.05) is 11.9 Å². The number of ether oxygens (including phenoxy) is 1. The molecule has 1 saturated heterocycles. The second-order valence-electron chi connectivity index (χ2n) is 5.25. The number of anilines is 1. The van der Waals surface area contributed by atoms with Crippen molar-refractivity contribution in [3.63, 3.8) is 0 Å². The third-order valence-electron chi connectivity index (χ3n) is 3.85. The summed E-state index contributed by atoms with van der Waals surface area (Å²) in [6, 6.07) is 4.89. The van der Waals surface area contributed by atoms with E-state index in [1.54, 1.807) is 0 Å². The van der Waals surface area contributed by atoms with Gasteiger partial charge < -0.3 is 4.74 Å². The molecule has 0 N–H and O–H groups in total. The van der Waals surface area contributed by atoms with Crippen molar-refractivity contribution in [3.05, 3.63) is 29.3 Å². The van der Waals surface area contributed by atoms with Crippen LogP contribution in [-0.4, -0.2) is 47.6 Å². The molecule has 0 spiro atoms. The van der Waals surface area contributed by atoms with E-state index in [1.807, 2.05) is 0 Å². The van der Waals surface area contributed by atoms with Gasteiger partial charge in [0.05, 0.1) is 12.8 Å². The lowest BCUT2D eigenvalue weighted by molar-refractivity contribution is -0.136. The summed E-state index contributed by atoms with van der Waals surface area (Å²) in [5.74, 6) is -3.86. The van der Waals surface area contributed by atoms with Gasteiger partial charge in [-0.15, -0.1) is 0 Å². The fourth-order valence-corrected chi connectivity index (χ4v) is 2.92. The molecule has 0 bridgehead atoms. The lowest BCUT2D eigenvalue weighted by Gasteiger charge is -2.19. The number of halogens is 1. The van der Waals surface area contributed by atoms with Gasteiger partial charge in [-0.2, -0.15) is 5.10 Å². The maximum atomic E-state index is 12.7. The third kappa shape index (κ3) is 2.26. The summed E-state index contributed by atoms with van der Waals surface area (Å²) in [4.78, 5) is 50.0. The van der Waals surface area contributed by atoms with Gasteiger partial charge >= 0.3 is 5.97 Å². The predicted octanol–water partition coefficient (Wildman–Crippen LogP) is 0.589. The summed E-state index contributed by atoms with van der Waals surface area (Å²) in [6.07, 6.45) is 0. The molecule has 0 saturated carbocycles. The highest BCUT2D eigenvalue weighted by Crippen LogP contribution is 2.35. The first-order valence-corrected chi connectivity index (χ1v) is 7.34. The Balaban J connectivity index is 2.05. The number of nitrogens with zero attached hydrogens (tertiary/aromatic N) is 3. The van der Waals surface area contributed by atoms with E-state index in [4.69, 9.17) is 11.6 Å². The Morgan fingerprint density at radius 3 is 2.33 bits per heavy atom. The van der Waals surface area contributed by atoms with Crippen LogP contribution < -0.4 is 4.90 Å². The molecule has 1 fully saturated rings. The van der Waals surface area contributed by atoms with E-state index in [1.165, 1.54) is 31.2 Å². The van der Waals surface area contributed by atoms with Crippen LogP contribution in [0.4, 0.5) is 5.69 Å². The molecule has 0 aliphatic carbocycles. The fraction of sp³-hybridized carbons (Fsp3) is 0.267. The van der Waals surface area contributed by atoms with Gasteiger partial charge in [0.15, 0.2) is 11.8 Å². The number of rotatable bonds is 2. The highest BCUT2D eigenvalue weighted by Gasteiger charge is 2.59. The van der Waals surface area contributed by atoms with E-state index in [9.17, 15) is 19.2 Å². The van der Waals surface area contributed by atoms with Gasteiger partial charge in [-0.05, 0) is 24.3 Å². The van der Waals surface area contributed by atoms with E-state index in [0.717, 1.165) is 17.0 Å². The molecular formula is C15H12ClN3O5. The zero-order valence-electron chi connectivity index (χ0n) is 12.7. The predicted molar refractivity (Wildman–Crippen MR) is 83.2 cm³/mol. The molecule has 124 valence electrons. The van der Waals surface area contributed by atoms with E-state index in [0.29, 0.717) is 10.7 Å². The highest BCUT2D eigenvalue weighted by atomic mass is 35.5. The number of imide groups is 1. The summed E-state index contributed by atoms with van der Waals surface area (Å²) < 4.78 is 4.60. The molecule has 2 aliphatic rings. The number of benzene rings is 1. The first kappa shape index (κ1) is 16.1. The molecule has 3 rings (SSSR count). The van der Waals surface area contributed by atoms with Crippen LogP contribution in [-0.2, 0) is 23.9 Å². The molecule has 1 aromatic rings. The lowest BCUT2D eigenvalue weighted by Crippen LogP contribution is -2.41. The average molecular weight is 350 g/mol. The SMILES string of the molecule is COC(=O)C1=NN(C(C)=O)[C@H]2C(=O)N(c3ccc(Cl)cc3)C(=O)[C@@H]12. The van der Waals surface area contributed by atoms with Crippen molar-refractivity contribution < 1.29 is 23.9 Å². The molecule has 8 nitrogen and oxygen atoms in total. The molecular weight excluding hydrogens is 338 g/mol. The molecule has 1 aromatic carbocycles. The van der Waals surface area contributed by atoms with Gasteiger partial charge in [-0.3, -0.25) is 14.4 Å². The molecule has 2 heterocycles. The van der Waals surface area contributed by atoms with Crippen LogP contribution in [0.5, 0.6) is 0 Å². The number of esters is 1. The minimum Gasteiger partial charge on any atom is -0.464 e. The number of hydrogen-bond acceptors (Lipinski definition) is 6. The normalized spacial score (nSPS) is 22.5. The quantitative estimate of drug-likeness (QED) is 0.575. The Morgan fingerprint density at radius 1 is 1.17 bits per heavy atom. The zero-order chi connectivity index (χ0) is 17.6. The van der Waals surface area contributed by atoms with Crippen molar-refractivity contribution in [1.82, 2.24) is 5.01 Å². The van der Waals surface area contributed by atoms with Crippen molar-refractivity contribution in [3.8, 4) is 0 Å². The van der Waals surface area contributed by atoms with Crippen LogP contribution in [0.1, 0.15) is 6.92 Å². The number of methoxy groups -OCH3 is 1. The van der Waals surface area contributed by atoms with E-state index < -0.39 is 35.7 Å². The van der Waals surface area contributed by atoms with Gasteiger partial charge in [0.25, 0.3) is 5.91 Å². The van der Waals surface area contributed by atoms with Crippen molar-refractivity contribution in [1.29, 1.82) is 0 Å². The summed E-state index contributed by atoms with van der Waals surface area (Å²) in [5.41, 5.74) is 0.0454. The third-order valence-corrected chi connectivity index (χ3v) is 4.10. The lowest BCUT2D eigenvalue weighted by atomic mass is 9.98. The fourth-order valence-electron chi connectivity index (χ4n) is 2.79. The van der Waals surface area contributed by atoms with Crippen LogP contribution in [0.2, 0.25) is 5.02 Å². The van der Waals surface area contributed by atoms with Gasteiger partial charge in [-0.1, -0.05) is 11.6 Å². The second-order valence-corrected chi connectivity index (χ2v) is 5.69. The molecule has 24 heavy (non-hydrogen) atoms. The Morgan fingerprint density at radius 2 is 1.79 bits per heavy atom. The first-order chi connectivity index (χ1) is 11.4. The molecule has 0 unspecified atom stereocenters. The Kier molecular flexibility index (Phi) is 3.84. The molecule has 0 aromatic heterocycles. The van der Waals surface area contributed by atoms with Crippen LogP contribution in [0.25, 0.3) is 0 Å². The molecule has 9 heteroatoms.